The smallest absolute Gasteiger partial charge is 0.353 e. The molecule has 17 heteroatoms. The van der Waals surface area contributed by atoms with Gasteiger partial charge in [0.25, 0.3) is 11.8 Å². The van der Waals surface area contributed by atoms with Gasteiger partial charge in [-0.2, -0.15) is 0 Å². The number of aromatic nitrogens is 1. The molecule has 3 heterocycles. The number of esters is 1. The number of carbonyl (C=O) groups is 4. The van der Waals surface area contributed by atoms with Gasteiger partial charge >= 0.3 is 11.9 Å². The molecule has 4 aromatic rings. The van der Waals surface area contributed by atoms with E-state index in [9.17, 15) is 24.3 Å². The van der Waals surface area contributed by atoms with E-state index in [0.29, 0.717) is 5.13 Å². The molecular weight excluding hydrogens is 769 g/mol. The normalized spacial score (nSPS) is 17.1. The van der Waals surface area contributed by atoms with Crippen molar-refractivity contribution in [1.82, 2.24) is 15.2 Å². The zero-order valence-corrected chi connectivity index (χ0v) is 33.3. The number of amides is 2. The number of thiazole rings is 1. The van der Waals surface area contributed by atoms with Crippen LogP contribution in [0.2, 0.25) is 0 Å². The summed E-state index contributed by atoms with van der Waals surface area (Å²) in [5, 5.41) is 25.2. The van der Waals surface area contributed by atoms with Crippen LogP contribution in [0.15, 0.2) is 118 Å². The number of fused-ring (bicyclic) bond motifs is 1. The highest BCUT2D eigenvalue weighted by Crippen LogP contribution is 2.42. The third kappa shape index (κ3) is 8.50. The molecule has 0 spiro atoms. The molecule has 2 atom stereocenters. The van der Waals surface area contributed by atoms with Gasteiger partial charge in [0.05, 0.1) is 6.54 Å². The molecule has 1 unspecified atom stereocenters. The molecule has 0 saturated carbocycles. The Morgan fingerprint density at radius 2 is 1.51 bits per heavy atom. The number of nitrogens with one attached hydrogen (secondary N) is 2. The number of nitrogens with zero attached hydrogens (tertiary/aromatic N) is 6. The number of azide groups is 1. The molecule has 0 bridgehead atoms. The van der Waals surface area contributed by atoms with Crippen molar-refractivity contribution < 1.29 is 33.9 Å². The maximum Gasteiger partial charge on any atom is 0.353 e. The average Bonchev–Trinajstić information content (AvgIpc) is 3.65. The Morgan fingerprint density at radius 3 is 2.02 bits per heavy atom. The highest BCUT2D eigenvalue weighted by atomic mass is 32.2. The van der Waals surface area contributed by atoms with Crippen LogP contribution in [0.4, 0.5) is 5.13 Å². The zero-order valence-electron chi connectivity index (χ0n) is 31.7. The van der Waals surface area contributed by atoms with Crippen LogP contribution in [0.1, 0.15) is 57.0 Å². The molecule has 294 valence electrons. The fourth-order valence-corrected chi connectivity index (χ4v) is 8.40. The van der Waals surface area contributed by atoms with Gasteiger partial charge in [-0.25, -0.2) is 14.6 Å². The second kappa shape index (κ2) is 16.5. The van der Waals surface area contributed by atoms with Crippen LogP contribution in [0.5, 0.6) is 0 Å². The number of hydrogen-bond acceptors (Lipinski definition) is 12. The molecule has 2 aliphatic rings. The van der Waals surface area contributed by atoms with Crippen LogP contribution in [0, 0.1) is 0 Å². The van der Waals surface area contributed by atoms with Crippen LogP contribution in [0.3, 0.4) is 0 Å². The number of thioether (sulfide) groups is 1. The number of ether oxygens (including phenoxy) is 1. The lowest BCUT2D eigenvalue weighted by atomic mass is 9.77. The van der Waals surface area contributed by atoms with E-state index in [1.807, 2.05) is 91.0 Å². The third-order valence-corrected chi connectivity index (χ3v) is 11.1. The number of carbonyl (C=O) groups excluding carboxylic acids is 3. The van der Waals surface area contributed by atoms with E-state index >= 15 is 0 Å². The lowest BCUT2D eigenvalue weighted by Gasteiger charge is -2.49. The zero-order chi connectivity index (χ0) is 41.0. The fourth-order valence-electron chi connectivity index (χ4n) is 6.32. The van der Waals surface area contributed by atoms with Gasteiger partial charge in [0.1, 0.15) is 33.9 Å². The highest BCUT2D eigenvalue weighted by Gasteiger charge is 2.54. The second-order valence-corrected chi connectivity index (χ2v) is 16.5. The molecule has 0 aliphatic carbocycles. The van der Waals surface area contributed by atoms with Gasteiger partial charge in [-0.05, 0) is 62.4 Å². The molecule has 0 radical (unpaired) electrons. The van der Waals surface area contributed by atoms with E-state index in [1.54, 1.807) is 26.2 Å². The van der Waals surface area contributed by atoms with Crippen LogP contribution >= 0.6 is 23.1 Å². The van der Waals surface area contributed by atoms with Gasteiger partial charge in [-0.1, -0.05) is 101 Å². The van der Waals surface area contributed by atoms with Crippen molar-refractivity contribution in [1.29, 1.82) is 0 Å². The molecule has 3 aromatic carbocycles. The molecule has 1 saturated heterocycles. The van der Waals surface area contributed by atoms with Crippen molar-refractivity contribution in [3.63, 3.8) is 0 Å². The summed E-state index contributed by atoms with van der Waals surface area (Å²) in [5.41, 5.74) is 7.84. The van der Waals surface area contributed by atoms with Gasteiger partial charge in [-0.15, -0.1) is 23.1 Å². The van der Waals surface area contributed by atoms with E-state index in [0.717, 1.165) is 21.6 Å². The predicted molar refractivity (Wildman–Crippen MR) is 216 cm³/mol. The Bertz CT molecular complexity index is 2170. The maximum absolute atomic E-state index is 14.2. The first-order valence-electron chi connectivity index (χ1n) is 17.8. The van der Waals surface area contributed by atoms with Gasteiger partial charge < -0.3 is 25.3 Å². The monoisotopic (exact) mass is 808 g/mol. The van der Waals surface area contributed by atoms with Crippen molar-refractivity contribution in [2.24, 2.45) is 10.3 Å². The molecule has 1 aromatic heterocycles. The van der Waals surface area contributed by atoms with Gasteiger partial charge in [0, 0.05) is 16.0 Å². The minimum absolute atomic E-state index is 0.0748. The van der Waals surface area contributed by atoms with Gasteiger partial charge in [-0.3, -0.25) is 14.5 Å². The standard InChI is InChI=1S/C40H40N8O7S2/c1-38(2,3)54-36(53)39(4,5)55-46-29(32(49)44-30-33(50)48-31(35(51)52)24(21-42-47-41)22-56-34(30)48)28-23-57-37(43-28)45-40(25-15-9-6-10-16-25,26-17-11-7-12-18-26)27-19-13-8-14-20-27/h6-20,23,30,34H,21-22H2,1-5H3,(H,43,45)(H,44,49)(H,51,52)/t30?,34-/m0/s1. The SMILES string of the molecule is CC(C)(C)OC(=O)C(C)(C)ON=C(C(=O)NC1C(=O)N2C(C(=O)O)=C(CN=[N+]=[N-])CS[C@@H]12)c1csc(NC(c2ccccc2)(c2ccccc2)c2ccccc2)n1. The molecule has 15 nitrogen and oxygen atoms in total. The van der Waals surface area contributed by atoms with Crippen molar-refractivity contribution >= 4 is 57.7 Å². The lowest BCUT2D eigenvalue weighted by molar-refractivity contribution is -0.179. The Morgan fingerprint density at radius 1 is 0.947 bits per heavy atom. The second-order valence-electron chi connectivity index (χ2n) is 14.6. The quantitative estimate of drug-likeness (QED) is 0.0186. The third-order valence-electron chi connectivity index (χ3n) is 8.99. The van der Waals surface area contributed by atoms with Gasteiger partial charge in [0.15, 0.2) is 10.8 Å². The molecule has 3 N–H and O–H groups in total. The van der Waals surface area contributed by atoms with E-state index in [-0.39, 0.29) is 35.0 Å². The first-order valence-corrected chi connectivity index (χ1v) is 19.7. The number of carboxylic acid groups (broad SMARTS) is 1. The summed E-state index contributed by atoms with van der Waals surface area (Å²) in [6, 6.07) is 28.5. The van der Waals surface area contributed by atoms with Crippen molar-refractivity contribution in [2.45, 2.75) is 62.8 Å². The summed E-state index contributed by atoms with van der Waals surface area (Å²) in [7, 11) is 0. The van der Waals surface area contributed by atoms with Crippen molar-refractivity contribution in [3.8, 4) is 0 Å². The summed E-state index contributed by atoms with van der Waals surface area (Å²) in [5.74, 6) is -3.47. The number of carboxylic acids is 1. The Kier molecular flexibility index (Phi) is 11.7. The predicted octanol–water partition coefficient (Wildman–Crippen LogP) is 6.44. The van der Waals surface area contributed by atoms with Crippen LogP contribution in [-0.2, 0) is 34.3 Å². The molecular formula is C40H40N8O7S2. The first kappa shape index (κ1) is 40.5. The first-order chi connectivity index (χ1) is 27.2. The minimum atomic E-state index is -1.65. The Labute approximate surface area is 336 Å². The molecule has 6 rings (SSSR count). The largest absolute Gasteiger partial charge is 0.477 e. The lowest BCUT2D eigenvalue weighted by Crippen LogP contribution is -2.71. The van der Waals surface area contributed by atoms with E-state index in [4.69, 9.17) is 20.1 Å². The minimum Gasteiger partial charge on any atom is -0.477 e. The summed E-state index contributed by atoms with van der Waals surface area (Å²) < 4.78 is 5.52. The Balaban J connectivity index is 1.37. The van der Waals surface area contributed by atoms with Crippen molar-refractivity contribution in [3.05, 3.63) is 140 Å². The van der Waals surface area contributed by atoms with Crippen molar-refractivity contribution in [2.75, 3.05) is 17.6 Å². The number of anilines is 1. The molecule has 2 amide bonds. The number of benzene rings is 3. The molecule has 2 aliphatic heterocycles. The topological polar surface area (TPSA) is 208 Å². The number of aliphatic carboxylic acids is 1. The summed E-state index contributed by atoms with van der Waals surface area (Å²) in [4.78, 5) is 67.3. The average molecular weight is 809 g/mol. The van der Waals surface area contributed by atoms with E-state index < -0.39 is 51.9 Å². The maximum atomic E-state index is 14.2. The summed E-state index contributed by atoms with van der Waals surface area (Å²) in [6.45, 7) is 7.80. The van der Waals surface area contributed by atoms with Crippen LogP contribution in [0.25, 0.3) is 10.4 Å². The van der Waals surface area contributed by atoms with E-state index in [1.165, 1.54) is 36.9 Å². The Hall–Kier alpha value is -6.16. The number of rotatable bonds is 14. The van der Waals surface area contributed by atoms with E-state index in [2.05, 4.69) is 25.8 Å². The van der Waals surface area contributed by atoms with Gasteiger partial charge in [0.2, 0.25) is 5.60 Å². The number of β-lactam (4-membered cyclic amide) rings is 1. The van der Waals surface area contributed by atoms with Crippen LogP contribution in [-0.4, -0.2) is 79.4 Å². The molecule has 57 heavy (non-hydrogen) atoms. The summed E-state index contributed by atoms with van der Waals surface area (Å²) >= 11 is 2.42. The van der Waals surface area contributed by atoms with Crippen LogP contribution < -0.4 is 10.6 Å². The number of oxime groups is 1. The molecule has 1 fully saturated rings. The number of hydrogen-bond donors (Lipinski definition) is 3. The fraction of sp³-hybridized carbons (Fsp3) is 0.300. The summed E-state index contributed by atoms with van der Waals surface area (Å²) in [6.07, 6.45) is 0. The highest BCUT2D eigenvalue weighted by molar-refractivity contribution is 8.00.